The molecule has 2 aliphatic rings. The molecule has 4 heterocycles. The molecule has 0 spiro atoms. The Hall–Kier alpha value is -2.28. The topological polar surface area (TPSA) is 93.2 Å². The fraction of sp³-hybridized carbons (Fsp3) is 0.385. The van der Waals surface area contributed by atoms with Crippen LogP contribution in [0, 0.1) is 0 Å². The molecule has 38 heavy (non-hydrogen) atoms. The van der Waals surface area contributed by atoms with Crippen molar-refractivity contribution in [3.63, 3.8) is 0 Å². The second kappa shape index (κ2) is 10.4. The zero-order valence-corrected chi connectivity index (χ0v) is 26.4. The van der Waals surface area contributed by atoms with Gasteiger partial charge in [0.25, 0.3) is 11.8 Å². The van der Waals surface area contributed by atoms with E-state index in [1.165, 1.54) is 32.5 Å². The van der Waals surface area contributed by atoms with Crippen LogP contribution in [0.5, 0.6) is 0 Å². The van der Waals surface area contributed by atoms with Crippen molar-refractivity contribution in [2.75, 3.05) is 13.1 Å². The highest BCUT2D eigenvalue weighted by atomic mass is 79.9. The first-order valence-corrected chi connectivity index (χ1v) is 14.9. The molecule has 0 unspecified atom stereocenters. The van der Waals surface area contributed by atoms with Crippen LogP contribution in [-0.4, -0.2) is 57.8 Å². The number of halogens is 2. The van der Waals surface area contributed by atoms with E-state index in [9.17, 15) is 19.2 Å². The van der Waals surface area contributed by atoms with Crippen molar-refractivity contribution in [1.82, 2.24) is 9.80 Å². The Labute approximate surface area is 245 Å². The second-order valence-corrected chi connectivity index (χ2v) is 15.5. The van der Waals surface area contributed by atoms with Crippen molar-refractivity contribution in [2.45, 2.75) is 52.7 Å². The van der Waals surface area contributed by atoms with Crippen LogP contribution in [0.4, 0.5) is 0 Å². The monoisotopic (exact) mass is 684 g/mol. The van der Waals surface area contributed by atoms with Crippen molar-refractivity contribution >= 4 is 89.7 Å². The highest BCUT2D eigenvalue weighted by molar-refractivity contribution is 9.11. The third kappa shape index (κ3) is 5.98. The number of thiophene rings is 2. The lowest BCUT2D eigenvalue weighted by Crippen LogP contribution is -2.38. The van der Waals surface area contributed by atoms with Gasteiger partial charge in [0.2, 0.25) is 0 Å². The number of ether oxygens (including phenoxy) is 2. The molecule has 2 amide bonds. The molecule has 0 bridgehead atoms. The summed E-state index contributed by atoms with van der Waals surface area (Å²) < 4.78 is 12.6. The molecular formula is C26H26Br2N2O6S2. The van der Waals surface area contributed by atoms with Gasteiger partial charge in [0, 0.05) is 0 Å². The van der Waals surface area contributed by atoms with Gasteiger partial charge in [-0.1, -0.05) is 0 Å². The summed E-state index contributed by atoms with van der Waals surface area (Å²) in [4.78, 5) is 57.4. The predicted molar refractivity (Wildman–Crippen MR) is 153 cm³/mol. The van der Waals surface area contributed by atoms with Crippen LogP contribution in [0.3, 0.4) is 0 Å². The lowest BCUT2D eigenvalue weighted by atomic mass is 10.1. The molecule has 2 aliphatic heterocycles. The van der Waals surface area contributed by atoms with E-state index in [2.05, 4.69) is 31.9 Å². The van der Waals surface area contributed by atoms with Crippen molar-refractivity contribution < 1.29 is 28.7 Å². The highest BCUT2D eigenvalue weighted by Gasteiger charge is 2.50. The first kappa shape index (κ1) is 28.7. The molecule has 4 rings (SSSR count). The van der Waals surface area contributed by atoms with Gasteiger partial charge in [-0.15, -0.1) is 22.7 Å². The van der Waals surface area contributed by atoms with E-state index in [0.717, 1.165) is 7.57 Å². The Morgan fingerprint density at radius 1 is 0.711 bits per heavy atom. The number of amides is 2. The normalized spacial score (nSPS) is 16.1. The Bertz CT molecular complexity index is 1300. The fourth-order valence-electron chi connectivity index (χ4n) is 4.10. The van der Waals surface area contributed by atoms with Gasteiger partial charge in [-0.2, -0.15) is 0 Å². The van der Waals surface area contributed by atoms with Gasteiger partial charge in [-0.3, -0.25) is 29.0 Å². The van der Waals surface area contributed by atoms with E-state index in [1.54, 1.807) is 65.8 Å². The van der Waals surface area contributed by atoms with Crippen LogP contribution in [0.15, 0.2) is 43.0 Å². The van der Waals surface area contributed by atoms with E-state index in [1.807, 2.05) is 0 Å². The first-order valence-electron chi connectivity index (χ1n) is 11.6. The second-order valence-electron chi connectivity index (χ2n) is 10.6. The molecule has 0 saturated heterocycles. The van der Waals surface area contributed by atoms with E-state index in [-0.39, 0.29) is 24.2 Å². The number of carbonyl (C=O) groups is 4. The Morgan fingerprint density at radius 2 is 1.05 bits per heavy atom. The lowest BCUT2D eigenvalue weighted by Gasteiger charge is -2.26. The number of carbonyl (C=O) groups excluding carboxylic acids is 4. The summed E-state index contributed by atoms with van der Waals surface area (Å²) in [6, 6.07) is 7.17. The number of hydrogen-bond acceptors (Lipinski definition) is 8. The standard InChI is InChI=1S/C26H26Br2N2O6S2/c1-25(2,3)35-17(31)11-29-21(13-7-9-15(27)37-13)19-20(23(29)33)22(14-8-10-16(28)38-14)30(24(19)34)12-18(32)36-26(4,5)6/h7-10H,11-12H2,1-6H3. The Morgan fingerprint density at radius 3 is 1.32 bits per heavy atom. The summed E-state index contributed by atoms with van der Waals surface area (Å²) in [7, 11) is 0. The smallest absolute Gasteiger partial charge is 0.326 e. The summed E-state index contributed by atoms with van der Waals surface area (Å²) in [6.07, 6.45) is 0. The number of nitrogens with zero attached hydrogens (tertiary/aromatic N) is 2. The van der Waals surface area contributed by atoms with E-state index >= 15 is 0 Å². The number of fused-ring (bicyclic) bond motifs is 1. The SMILES string of the molecule is CC(C)(C)OC(=O)CN1C(=O)C2=C(c3ccc(Br)s3)N(CC(=O)OC(C)(C)C)C(=O)C2=C1c1ccc(Br)s1. The third-order valence-corrected chi connectivity index (χ3v) is 8.47. The molecule has 0 aliphatic carbocycles. The minimum atomic E-state index is -0.747. The molecule has 8 nitrogen and oxygen atoms in total. The molecule has 0 fully saturated rings. The van der Waals surface area contributed by atoms with Gasteiger partial charge in [0.05, 0.1) is 39.9 Å². The van der Waals surface area contributed by atoms with Crippen LogP contribution in [0.25, 0.3) is 11.4 Å². The lowest BCUT2D eigenvalue weighted by molar-refractivity contribution is -0.157. The predicted octanol–water partition coefficient (Wildman–Crippen LogP) is 5.82. The van der Waals surface area contributed by atoms with E-state index in [0.29, 0.717) is 21.1 Å². The molecule has 0 atom stereocenters. The van der Waals surface area contributed by atoms with Crippen molar-refractivity contribution in [3.8, 4) is 0 Å². The van der Waals surface area contributed by atoms with Crippen LogP contribution in [-0.2, 0) is 28.7 Å². The molecule has 202 valence electrons. The molecule has 0 aromatic carbocycles. The Kier molecular flexibility index (Phi) is 7.83. The fourth-order valence-corrected chi connectivity index (χ4v) is 6.99. The summed E-state index contributed by atoms with van der Waals surface area (Å²) in [5.41, 5.74) is -0.564. The van der Waals surface area contributed by atoms with Crippen LogP contribution >= 0.6 is 54.5 Å². The van der Waals surface area contributed by atoms with Crippen molar-refractivity contribution in [3.05, 3.63) is 52.7 Å². The van der Waals surface area contributed by atoms with Gasteiger partial charge in [-0.25, -0.2) is 0 Å². The van der Waals surface area contributed by atoms with Gasteiger partial charge < -0.3 is 9.47 Å². The molecule has 0 saturated carbocycles. The maximum atomic E-state index is 14.0. The minimum absolute atomic E-state index is 0.149. The van der Waals surface area contributed by atoms with Crippen molar-refractivity contribution in [2.24, 2.45) is 0 Å². The summed E-state index contributed by atoms with van der Waals surface area (Å²) in [5.74, 6) is -2.22. The number of rotatable bonds is 6. The highest BCUT2D eigenvalue weighted by Crippen LogP contribution is 2.49. The van der Waals surface area contributed by atoms with Gasteiger partial charge in [0.15, 0.2) is 0 Å². The zero-order valence-electron chi connectivity index (χ0n) is 21.6. The van der Waals surface area contributed by atoms with Crippen LogP contribution < -0.4 is 0 Å². The third-order valence-electron chi connectivity index (χ3n) is 5.21. The molecule has 12 heteroatoms. The maximum Gasteiger partial charge on any atom is 0.326 e. The molecule has 0 radical (unpaired) electrons. The average molecular weight is 686 g/mol. The quantitative estimate of drug-likeness (QED) is 0.356. The van der Waals surface area contributed by atoms with Crippen LogP contribution in [0.2, 0.25) is 0 Å². The van der Waals surface area contributed by atoms with Gasteiger partial charge >= 0.3 is 11.9 Å². The van der Waals surface area contributed by atoms with Crippen LogP contribution in [0.1, 0.15) is 51.3 Å². The summed E-state index contributed by atoms with van der Waals surface area (Å²) in [6.45, 7) is 9.73. The van der Waals surface area contributed by atoms with E-state index in [4.69, 9.17) is 9.47 Å². The first-order chi connectivity index (χ1) is 17.6. The molecular weight excluding hydrogens is 660 g/mol. The van der Waals surface area contributed by atoms with Crippen molar-refractivity contribution in [1.29, 1.82) is 0 Å². The average Bonchev–Trinajstić information content (AvgIpc) is 3.48. The zero-order chi connectivity index (χ0) is 28.2. The summed E-state index contributed by atoms with van der Waals surface area (Å²) >= 11 is 9.55. The molecule has 2 aromatic heterocycles. The molecule has 0 N–H and O–H groups in total. The number of esters is 2. The summed E-state index contributed by atoms with van der Waals surface area (Å²) in [5, 5.41) is 0. The van der Waals surface area contributed by atoms with Gasteiger partial charge in [-0.05, 0) is 97.7 Å². The number of hydrogen-bond donors (Lipinski definition) is 0. The molecule has 2 aromatic rings. The minimum Gasteiger partial charge on any atom is -0.459 e. The Balaban J connectivity index is 1.87. The van der Waals surface area contributed by atoms with Gasteiger partial charge in [0.1, 0.15) is 24.3 Å². The van der Waals surface area contributed by atoms with E-state index < -0.39 is 35.0 Å². The maximum absolute atomic E-state index is 14.0. The largest absolute Gasteiger partial charge is 0.459 e.